The maximum atomic E-state index is 13.0. The van der Waals surface area contributed by atoms with E-state index in [1.807, 2.05) is 35.2 Å². The van der Waals surface area contributed by atoms with Crippen LogP contribution in [-0.2, 0) is 4.79 Å². The van der Waals surface area contributed by atoms with E-state index in [-0.39, 0.29) is 11.9 Å². The number of likely N-dealkylation sites (tertiary alicyclic amines) is 1. The van der Waals surface area contributed by atoms with Crippen LogP contribution in [0, 0.1) is 0 Å². The molecular formula is C18H21ClN4O. The van der Waals surface area contributed by atoms with Crippen LogP contribution in [0.5, 0.6) is 0 Å². The van der Waals surface area contributed by atoms with E-state index in [2.05, 4.69) is 15.1 Å². The predicted octanol–water partition coefficient (Wildman–Crippen LogP) is 3.05. The number of benzene rings is 1. The van der Waals surface area contributed by atoms with Gasteiger partial charge in [0.1, 0.15) is 0 Å². The molecule has 4 rings (SSSR count). The molecule has 2 aliphatic heterocycles. The van der Waals surface area contributed by atoms with Crippen LogP contribution in [0.15, 0.2) is 36.5 Å². The lowest BCUT2D eigenvalue weighted by atomic mass is 9.93. The minimum absolute atomic E-state index is 0.0352. The zero-order chi connectivity index (χ0) is 16.5. The van der Waals surface area contributed by atoms with Gasteiger partial charge in [-0.15, -0.1) is 0 Å². The normalized spacial score (nSPS) is 25.4. The van der Waals surface area contributed by atoms with Gasteiger partial charge in [0, 0.05) is 30.9 Å². The predicted molar refractivity (Wildman–Crippen MR) is 94.3 cm³/mol. The van der Waals surface area contributed by atoms with Crippen molar-refractivity contribution in [3.63, 3.8) is 0 Å². The molecule has 1 aromatic heterocycles. The maximum absolute atomic E-state index is 13.0. The number of anilines is 1. The number of carbonyl (C=O) groups is 1. The van der Waals surface area contributed by atoms with Crippen molar-refractivity contribution in [1.82, 2.24) is 15.1 Å². The summed E-state index contributed by atoms with van der Waals surface area (Å²) in [6.07, 6.45) is 4.92. The van der Waals surface area contributed by atoms with Crippen LogP contribution in [0.25, 0.3) is 0 Å². The Bertz CT molecular complexity index is 718. The Hall–Kier alpha value is -1.85. The number of halogens is 1. The first-order chi connectivity index (χ1) is 11.7. The third-order valence-electron chi connectivity index (χ3n) is 5.18. The van der Waals surface area contributed by atoms with Gasteiger partial charge in [-0.05, 0) is 44.0 Å². The first-order valence-corrected chi connectivity index (χ1v) is 8.91. The first-order valence-electron chi connectivity index (χ1n) is 8.53. The highest BCUT2D eigenvalue weighted by molar-refractivity contribution is 6.33. The van der Waals surface area contributed by atoms with Crippen LogP contribution in [-0.4, -0.2) is 46.7 Å². The van der Waals surface area contributed by atoms with Crippen molar-refractivity contribution in [3.8, 4) is 0 Å². The molecule has 6 heteroatoms. The molecule has 0 spiro atoms. The van der Waals surface area contributed by atoms with Crippen molar-refractivity contribution < 1.29 is 4.79 Å². The van der Waals surface area contributed by atoms with E-state index < -0.39 is 0 Å². The van der Waals surface area contributed by atoms with Gasteiger partial charge in [-0.2, -0.15) is 5.10 Å². The fraction of sp³-hybridized carbons (Fsp3) is 0.444. The number of piperidine rings is 1. The Balaban J connectivity index is 1.49. The molecule has 0 saturated carbocycles. The number of para-hydroxylation sites is 1. The molecular weight excluding hydrogens is 324 g/mol. The SMILES string of the molecule is O=C1[C@@H](N2CCC[C@H](c3ccn[nH]3)C2)CCN1c1ccccc1Cl. The molecule has 0 bridgehead atoms. The number of H-pyrrole nitrogens is 1. The third-order valence-corrected chi connectivity index (χ3v) is 5.50. The Labute approximate surface area is 146 Å². The summed E-state index contributed by atoms with van der Waals surface area (Å²) in [6.45, 7) is 2.63. The van der Waals surface area contributed by atoms with Crippen molar-refractivity contribution in [1.29, 1.82) is 0 Å². The lowest BCUT2D eigenvalue weighted by Crippen LogP contribution is -2.46. The molecule has 3 heterocycles. The minimum Gasteiger partial charge on any atom is -0.310 e. The molecule has 126 valence electrons. The number of aromatic amines is 1. The molecule has 0 radical (unpaired) electrons. The van der Waals surface area contributed by atoms with Crippen LogP contribution < -0.4 is 4.90 Å². The second kappa shape index (κ2) is 6.57. The zero-order valence-electron chi connectivity index (χ0n) is 13.5. The molecule has 1 amide bonds. The molecule has 0 unspecified atom stereocenters. The molecule has 2 aromatic rings. The summed E-state index contributed by atoms with van der Waals surface area (Å²) < 4.78 is 0. The lowest BCUT2D eigenvalue weighted by molar-refractivity contribution is -0.122. The second-order valence-corrected chi connectivity index (χ2v) is 7.00. The zero-order valence-corrected chi connectivity index (χ0v) is 14.2. The summed E-state index contributed by atoms with van der Waals surface area (Å²) in [6, 6.07) is 9.59. The monoisotopic (exact) mass is 344 g/mol. The maximum Gasteiger partial charge on any atom is 0.244 e. The van der Waals surface area contributed by atoms with Gasteiger partial charge in [-0.25, -0.2) is 0 Å². The van der Waals surface area contributed by atoms with Gasteiger partial charge in [0.25, 0.3) is 0 Å². The highest BCUT2D eigenvalue weighted by atomic mass is 35.5. The highest BCUT2D eigenvalue weighted by Gasteiger charge is 2.39. The molecule has 2 saturated heterocycles. The number of nitrogens with one attached hydrogen (secondary N) is 1. The van der Waals surface area contributed by atoms with Crippen molar-refractivity contribution in [3.05, 3.63) is 47.2 Å². The number of rotatable bonds is 3. The van der Waals surface area contributed by atoms with Crippen LogP contribution in [0.2, 0.25) is 5.02 Å². The van der Waals surface area contributed by atoms with E-state index in [0.29, 0.717) is 10.9 Å². The summed E-state index contributed by atoms with van der Waals surface area (Å²) in [5.41, 5.74) is 2.00. The molecule has 2 aliphatic rings. The second-order valence-electron chi connectivity index (χ2n) is 6.59. The van der Waals surface area contributed by atoms with E-state index >= 15 is 0 Å². The van der Waals surface area contributed by atoms with Crippen LogP contribution in [0.1, 0.15) is 30.9 Å². The fourth-order valence-electron chi connectivity index (χ4n) is 3.95. The lowest BCUT2D eigenvalue weighted by Gasteiger charge is -2.35. The van der Waals surface area contributed by atoms with Gasteiger partial charge in [0.05, 0.1) is 16.8 Å². The minimum atomic E-state index is -0.0352. The van der Waals surface area contributed by atoms with Gasteiger partial charge in [0.15, 0.2) is 0 Å². The van der Waals surface area contributed by atoms with E-state index in [0.717, 1.165) is 44.6 Å². The van der Waals surface area contributed by atoms with E-state index in [1.165, 1.54) is 5.69 Å². The molecule has 24 heavy (non-hydrogen) atoms. The average molecular weight is 345 g/mol. The average Bonchev–Trinajstić information content (AvgIpc) is 3.26. The van der Waals surface area contributed by atoms with E-state index in [9.17, 15) is 4.79 Å². The quantitative estimate of drug-likeness (QED) is 0.931. The Morgan fingerprint density at radius 2 is 2.04 bits per heavy atom. The first kappa shape index (κ1) is 15.7. The summed E-state index contributed by atoms with van der Waals surface area (Å²) in [5.74, 6) is 0.608. The number of amides is 1. The van der Waals surface area contributed by atoms with Gasteiger partial charge in [-0.1, -0.05) is 23.7 Å². The molecule has 2 fully saturated rings. The van der Waals surface area contributed by atoms with Crippen molar-refractivity contribution >= 4 is 23.2 Å². The summed E-state index contributed by atoms with van der Waals surface area (Å²) in [5, 5.41) is 7.78. The number of aromatic nitrogens is 2. The van der Waals surface area contributed by atoms with Crippen molar-refractivity contribution in [2.45, 2.75) is 31.2 Å². The van der Waals surface area contributed by atoms with Gasteiger partial charge >= 0.3 is 0 Å². The summed E-state index contributed by atoms with van der Waals surface area (Å²) in [4.78, 5) is 17.1. The van der Waals surface area contributed by atoms with Gasteiger partial charge in [-0.3, -0.25) is 14.8 Å². The molecule has 1 N–H and O–H groups in total. The molecule has 0 aliphatic carbocycles. The Morgan fingerprint density at radius 3 is 2.83 bits per heavy atom. The Kier molecular flexibility index (Phi) is 4.29. The number of hydrogen-bond donors (Lipinski definition) is 1. The number of carbonyl (C=O) groups excluding carboxylic acids is 1. The molecule has 1 aromatic carbocycles. The standard InChI is InChI=1S/C18H21ClN4O/c19-14-5-1-2-6-16(14)23-11-8-17(18(23)24)22-10-3-4-13(12-22)15-7-9-20-21-15/h1-2,5-7,9,13,17H,3-4,8,10-12H2,(H,20,21)/t13-,17-/m0/s1. The van der Waals surface area contributed by atoms with Crippen molar-refractivity contribution in [2.75, 3.05) is 24.5 Å². The van der Waals surface area contributed by atoms with Gasteiger partial charge < -0.3 is 4.90 Å². The number of hydrogen-bond acceptors (Lipinski definition) is 3. The smallest absolute Gasteiger partial charge is 0.244 e. The van der Waals surface area contributed by atoms with Crippen LogP contribution in [0.4, 0.5) is 5.69 Å². The molecule has 5 nitrogen and oxygen atoms in total. The van der Waals surface area contributed by atoms with E-state index in [1.54, 1.807) is 6.20 Å². The third kappa shape index (κ3) is 2.82. The fourth-order valence-corrected chi connectivity index (χ4v) is 4.19. The van der Waals surface area contributed by atoms with Gasteiger partial charge in [0.2, 0.25) is 5.91 Å². The largest absolute Gasteiger partial charge is 0.310 e. The summed E-state index contributed by atoms with van der Waals surface area (Å²) >= 11 is 6.28. The highest BCUT2D eigenvalue weighted by Crippen LogP contribution is 2.33. The van der Waals surface area contributed by atoms with Crippen LogP contribution in [0.3, 0.4) is 0 Å². The number of nitrogens with zero attached hydrogens (tertiary/aromatic N) is 3. The Morgan fingerprint density at radius 1 is 1.17 bits per heavy atom. The summed E-state index contributed by atoms with van der Waals surface area (Å²) in [7, 11) is 0. The topological polar surface area (TPSA) is 52.2 Å². The van der Waals surface area contributed by atoms with Crippen LogP contribution >= 0.6 is 11.6 Å². The van der Waals surface area contributed by atoms with E-state index in [4.69, 9.17) is 11.6 Å². The molecule has 2 atom stereocenters. The van der Waals surface area contributed by atoms with Crippen molar-refractivity contribution in [2.24, 2.45) is 0 Å².